The molecule has 0 fully saturated rings. The van der Waals surface area contributed by atoms with Gasteiger partial charge in [0.1, 0.15) is 23.0 Å². The molecule has 0 saturated heterocycles. The predicted octanol–water partition coefficient (Wildman–Crippen LogP) is 3.94. The number of carbonyl (C=O) groups is 2. The molecule has 2 N–H and O–H groups in total. The number of carboxylic acid groups (broad SMARTS) is 1. The lowest BCUT2D eigenvalue weighted by molar-refractivity contribution is -0.137. The lowest BCUT2D eigenvalue weighted by Gasteiger charge is -2.19. The van der Waals surface area contributed by atoms with Crippen molar-refractivity contribution in [3.63, 3.8) is 0 Å². The van der Waals surface area contributed by atoms with Crippen LogP contribution in [0.5, 0.6) is 11.5 Å². The highest BCUT2D eigenvalue weighted by atomic mass is 16.5. The Morgan fingerprint density at radius 2 is 1.77 bits per heavy atom. The first kappa shape index (κ1) is 23.5. The summed E-state index contributed by atoms with van der Waals surface area (Å²) in [4.78, 5) is 24.0. The van der Waals surface area contributed by atoms with Crippen LogP contribution in [0.1, 0.15) is 53.1 Å². The van der Waals surface area contributed by atoms with E-state index >= 15 is 0 Å². The van der Waals surface area contributed by atoms with E-state index in [1.54, 1.807) is 26.4 Å². The van der Waals surface area contributed by atoms with E-state index in [0.717, 1.165) is 17.1 Å². The molecule has 2 aromatic rings. The summed E-state index contributed by atoms with van der Waals surface area (Å²) in [6, 6.07) is 6.85. The van der Waals surface area contributed by atoms with Crippen LogP contribution in [0.2, 0.25) is 0 Å². The maximum atomic E-state index is 13.3. The number of carboxylic acids is 1. The van der Waals surface area contributed by atoms with Crippen molar-refractivity contribution < 1.29 is 28.6 Å². The molecule has 0 aliphatic carbocycles. The zero-order chi connectivity index (χ0) is 22.1. The van der Waals surface area contributed by atoms with Crippen LogP contribution in [0, 0.1) is 13.8 Å². The topological polar surface area (TPSA) is 98.0 Å². The molecular weight excluding hydrogens is 386 g/mol. The normalized spacial score (nSPS) is 11.9. The molecule has 30 heavy (non-hydrogen) atoms. The minimum Gasteiger partial charge on any atom is -0.496 e. The number of rotatable bonds is 13. The quantitative estimate of drug-likeness (QED) is 0.376. The smallest absolute Gasteiger partial charge is 0.303 e. The van der Waals surface area contributed by atoms with E-state index in [2.05, 4.69) is 5.32 Å². The van der Waals surface area contributed by atoms with Crippen molar-refractivity contribution in [3.8, 4) is 11.5 Å². The molecule has 0 aliphatic rings. The van der Waals surface area contributed by atoms with E-state index in [9.17, 15) is 9.59 Å². The Hall–Kier alpha value is -2.80. The predicted molar refractivity (Wildman–Crippen MR) is 114 cm³/mol. The molecule has 2 rings (SSSR count). The summed E-state index contributed by atoms with van der Waals surface area (Å²) in [5, 5.41) is 12.1. The van der Waals surface area contributed by atoms with Gasteiger partial charge in [-0.3, -0.25) is 9.59 Å². The highest BCUT2D eigenvalue weighted by Crippen LogP contribution is 2.30. The number of benzene rings is 1. The molecule has 0 amide bonds. The zero-order valence-corrected chi connectivity index (χ0v) is 18.1. The Morgan fingerprint density at radius 1 is 1.10 bits per heavy atom. The number of Topliss-reactive ketones (excluding diaryl/α,β-unsaturated/α-hetero) is 1. The van der Waals surface area contributed by atoms with Crippen LogP contribution in [-0.2, 0) is 11.2 Å². The Kier molecular flexibility index (Phi) is 8.92. The standard InChI is InChI=1S/C23H31NO6/c1-15-8-9-18(30-15)10-11-19(24-12-6-5-7-22(25)26)23(27)17-13-20(28-3)16(2)21(14-17)29-4/h8-9,13-14,19,24H,5-7,10-12H2,1-4H3,(H,25,26). The van der Waals surface area contributed by atoms with Gasteiger partial charge < -0.3 is 24.3 Å². The van der Waals surface area contributed by atoms with Crippen molar-refractivity contribution in [2.45, 2.75) is 52.0 Å². The molecule has 0 radical (unpaired) electrons. The van der Waals surface area contributed by atoms with Crippen molar-refractivity contribution in [1.82, 2.24) is 5.32 Å². The van der Waals surface area contributed by atoms with Gasteiger partial charge in [-0.05, 0) is 63.9 Å². The molecule has 164 valence electrons. The highest BCUT2D eigenvalue weighted by Gasteiger charge is 2.22. The molecule has 1 aromatic carbocycles. The van der Waals surface area contributed by atoms with Gasteiger partial charge in [0.2, 0.25) is 0 Å². The van der Waals surface area contributed by atoms with Crippen LogP contribution in [-0.4, -0.2) is 43.7 Å². The van der Waals surface area contributed by atoms with Crippen LogP contribution in [0.3, 0.4) is 0 Å². The Balaban J connectivity index is 2.14. The fraction of sp³-hybridized carbons (Fsp3) is 0.478. The number of aryl methyl sites for hydroxylation is 2. The molecular formula is C23H31NO6. The Bertz CT molecular complexity index is 832. The third-order valence-corrected chi connectivity index (χ3v) is 5.04. The second-order valence-corrected chi connectivity index (χ2v) is 7.28. The molecule has 1 atom stereocenters. The van der Waals surface area contributed by atoms with Gasteiger partial charge in [-0.2, -0.15) is 0 Å². The van der Waals surface area contributed by atoms with Gasteiger partial charge in [0.15, 0.2) is 5.78 Å². The van der Waals surface area contributed by atoms with Gasteiger partial charge in [-0.15, -0.1) is 0 Å². The van der Waals surface area contributed by atoms with Crippen molar-refractivity contribution in [3.05, 3.63) is 46.9 Å². The van der Waals surface area contributed by atoms with Gasteiger partial charge >= 0.3 is 5.97 Å². The van der Waals surface area contributed by atoms with Crippen molar-refractivity contribution in [2.24, 2.45) is 0 Å². The van der Waals surface area contributed by atoms with Gasteiger partial charge in [0.05, 0.1) is 20.3 Å². The van der Waals surface area contributed by atoms with Crippen molar-refractivity contribution in [2.75, 3.05) is 20.8 Å². The summed E-state index contributed by atoms with van der Waals surface area (Å²) in [5.41, 5.74) is 1.34. The maximum absolute atomic E-state index is 13.3. The summed E-state index contributed by atoms with van der Waals surface area (Å²) >= 11 is 0. The molecule has 0 bridgehead atoms. The summed E-state index contributed by atoms with van der Waals surface area (Å²) < 4.78 is 16.4. The van der Waals surface area contributed by atoms with E-state index in [1.165, 1.54) is 0 Å². The zero-order valence-electron chi connectivity index (χ0n) is 18.1. The van der Waals surface area contributed by atoms with Crippen LogP contribution < -0.4 is 14.8 Å². The number of aliphatic carboxylic acids is 1. The van der Waals surface area contributed by atoms with Crippen molar-refractivity contribution in [1.29, 1.82) is 0 Å². The lowest BCUT2D eigenvalue weighted by atomic mass is 9.97. The summed E-state index contributed by atoms with van der Waals surface area (Å²) in [6.07, 6.45) is 2.54. The second kappa shape index (κ2) is 11.4. The molecule has 1 heterocycles. The average Bonchev–Trinajstić information content (AvgIpc) is 3.14. The van der Waals surface area contributed by atoms with E-state index < -0.39 is 12.0 Å². The van der Waals surface area contributed by atoms with Crippen molar-refractivity contribution >= 4 is 11.8 Å². The lowest BCUT2D eigenvalue weighted by Crippen LogP contribution is -2.38. The third kappa shape index (κ3) is 6.62. The van der Waals surface area contributed by atoms with Crippen LogP contribution in [0.15, 0.2) is 28.7 Å². The number of hydrogen-bond donors (Lipinski definition) is 2. The number of unbranched alkanes of at least 4 members (excludes halogenated alkanes) is 1. The molecule has 1 unspecified atom stereocenters. The SMILES string of the molecule is COc1cc(C(=O)C(CCc2ccc(C)o2)NCCCCC(=O)O)cc(OC)c1C. The fourth-order valence-corrected chi connectivity index (χ4v) is 3.34. The van der Waals surface area contributed by atoms with Gasteiger partial charge in [0.25, 0.3) is 0 Å². The number of furan rings is 1. The molecule has 0 spiro atoms. The number of ketones is 1. The van der Waals surface area contributed by atoms with Gasteiger partial charge in [0, 0.05) is 24.0 Å². The van der Waals surface area contributed by atoms with E-state index in [0.29, 0.717) is 49.3 Å². The first-order valence-electron chi connectivity index (χ1n) is 10.1. The number of nitrogens with one attached hydrogen (secondary N) is 1. The second-order valence-electron chi connectivity index (χ2n) is 7.28. The molecule has 0 saturated carbocycles. The molecule has 0 aliphatic heterocycles. The number of hydrogen-bond acceptors (Lipinski definition) is 6. The minimum atomic E-state index is -0.810. The third-order valence-electron chi connectivity index (χ3n) is 5.04. The number of ether oxygens (including phenoxy) is 2. The van der Waals surface area contributed by atoms with Crippen LogP contribution in [0.25, 0.3) is 0 Å². The van der Waals surface area contributed by atoms with E-state index in [1.807, 2.05) is 26.0 Å². The summed E-state index contributed by atoms with van der Waals surface area (Å²) in [7, 11) is 3.13. The number of methoxy groups -OCH3 is 2. The fourth-order valence-electron chi connectivity index (χ4n) is 3.34. The van der Waals surface area contributed by atoms with E-state index in [-0.39, 0.29) is 12.2 Å². The Labute approximate surface area is 177 Å². The first-order chi connectivity index (χ1) is 14.3. The molecule has 7 heteroatoms. The maximum Gasteiger partial charge on any atom is 0.303 e. The monoisotopic (exact) mass is 417 g/mol. The summed E-state index contributed by atoms with van der Waals surface area (Å²) in [6.45, 7) is 4.32. The molecule has 7 nitrogen and oxygen atoms in total. The highest BCUT2D eigenvalue weighted by molar-refractivity contribution is 6.01. The Morgan fingerprint density at radius 3 is 2.30 bits per heavy atom. The summed E-state index contributed by atoms with van der Waals surface area (Å²) in [5.74, 6) is 1.99. The van der Waals surface area contributed by atoms with Crippen LogP contribution in [0.4, 0.5) is 0 Å². The minimum absolute atomic E-state index is 0.0619. The van der Waals surface area contributed by atoms with E-state index in [4.69, 9.17) is 19.0 Å². The average molecular weight is 418 g/mol. The molecule has 1 aromatic heterocycles. The van der Waals surface area contributed by atoms with Gasteiger partial charge in [-0.1, -0.05) is 0 Å². The largest absolute Gasteiger partial charge is 0.496 e. The van der Waals surface area contributed by atoms with Gasteiger partial charge in [-0.25, -0.2) is 0 Å². The van der Waals surface area contributed by atoms with Crippen LogP contribution >= 0.6 is 0 Å². The first-order valence-corrected chi connectivity index (χ1v) is 10.1. The number of carbonyl (C=O) groups excluding carboxylic acids is 1.